The second-order valence-electron chi connectivity index (χ2n) is 4.75. The van der Waals surface area contributed by atoms with Gasteiger partial charge in [0.2, 0.25) is 5.91 Å². The first-order valence-corrected chi connectivity index (χ1v) is 5.87. The summed E-state index contributed by atoms with van der Waals surface area (Å²) in [6.45, 7) is 1.96. The number of hydrogen-bond donors (Lipinski definition) is 2. The van der Waals surface area contributed by atoms with Crippen molar-refractivity contribution in [1.29, 1.82) is 0 Å². The highest BCUT2D eigenvalue weighted by Crippen LogP contribution is 2.29. The van der Waals surface area contributed by atoms with Crippen LogP contribution in [0.4, 0.5) is 18.9 Å². The summed E-state index contributed by atoms with van der Waals surface area (Å²) in [5.41, 5.74) is 2.04. The van der Waals surface area contributed by atoms with Gasteiger partial charge in [-0.2, -0.15) is 13.2 Å². The average molecular weight is 305 g/mol. The van der Waals surface area contributed by atoms with Gasteiger partial charge in [0.25, 0.3) is 5.69 Å². The van der Waals surface area contributed by atoms with Crippen molar-refractivity contribution in [2.24, 2.45) is 5.73 Å². The fourth-order valence-electron chi connectivity index (χ4n) is 1.47. The summed E-state index contributed by atoms with van der Waals surface area (Å²) in [4.78, 5) is 21.6. The lowest BCUT2D eigenvalue weighted by molar-refractivity contribution is -0.384. The van der Waals surface area contributed by atoms with E-state index in [-0.39, 0.29) is 5.69 Å². The fraction of sp³-hybridized carbons (Fsp3) is 0.417. The summed E-state index contributed by atoms with van der Waals surface area (Å²) in [5.74, 6) is -1.41. The number of nitrogens with one attached hydrogen (secondary N) is 1. The van der Waals surface area contributed by atoms with Crippen LogP contribution in [0.3, 0.4) is 0 Å². The molecule has 3 N–H and O–H groups in total. The number of nitro groups is 1. The second-order valence-corrected chi connectivity index (χ2v) is 4.75. The number of alkyl halides is 3. The minimum Gasteiger partial charge on any atom is -0.348 e. The highest BCUT2D eigenvalue weighted by atomic mass is 19.4. The molecule has 2 unspecified atom stereocenters. The van der Waals surface area contributed by atoms with E-state index < -0.39 is 28.6 Å². The van der Waals surface area contributed by atoms with E-state index in [0.717, 1.165) is 0 Å². The highest BCUT2D eigenvalue weighted by Gasteiger charge is 2.54. The van der Waals surface area contributed by atoms with Crippen molar-refractivity contribution in [3.05, 3.63) is 39.9 Å². The number of hydrogen-bond acceptors (Lipinski definition) is 4. The van der Waals surface area contributed by atoms with Crippen molar-refractivity contribution < 1.29 is 22.9 Å². The molecule has 0 bridgehead atoms. The third-order valence-electron chi connectivity index (χ3n) is 2.99. The van der Waals surface area contributed by atoms with Crippen LogP contribution in [0.2, 0.25) is 0 Å². The summed E-state index contributed by atoms with van der Waals surface area (Å²) in [7, 11) is 0. The molecule has 1 amide bonds. The minimum atomic E-state index is -4.90. The summed E-state index contributed by atoms with van der Waals surface area (Å²) in [6, 6.07) is 4.39. The molecule has 2 atom stereocenters. The molecule has 9 heteroatoms. The number of nitrogens with two attached hydrogens (primary N) is 1. The lowest BCUT2D eigenvalue weighted by atomic mass is 10.0. The van der Waals surface area contributed by atoms with Crippen LogP contribution < -0.4 is 11.1 Å². The van der Waals surface area contributed by atoms with Crippen molar-refractivity contribution in [3.63, 3.8) is 0 Å². The number of rotatable bonds is 4. The molecule has 116 valence electrons. The Morgan fingerprint density at radius 3 is 2.48 bits per heavy atom. The zero-order chi connectivity index (χ0) is 16.4. The van der Waals surface area contributed by atoms with Crippen LogP contribution in [0.5, 0.6) is 0 Å². The molecule has 0 aliphatic heterocycles. The first-order valence-electron chi connectivity index (χ1n) is 5.87. The first-order chi connectivity index (χ1) is 9.46. The number of carbonyl (C=O) groups is 1. The van der Waals surface area contributed by atoms with E-state index >= 15 is 0 Å². The molecule has 0 aromatic heterocycles. The van der Waals surface area contributed by atoms with Crippen molar-refractivity contribution in [3.8, 4) is 0 Å². The van der Waals surface area contributed by atoms with E-state index in [0.29, 0.717) is 12.5 Å². The zero-order valence-electron chi connectivity index (χ0n) is 11.3. The monoisotopic (exact) mass is 305 g/mol. The topological polar surface area (TPSA) is 98.3 Å². The number of non-ortho nitro benzene ring substituents is 1. The number of nitrogens with zero attached hydrogens (tertiary/aromatic N) is 1. The molecule has 0 radical (unpaired) electrons. The lowest BCUT2D eigenvalue weighted by Crippen LogP contribution is -2.61. The largest absolute Gasteiger partial charge is 0.415 e. The van der Waals surface area contributed by atoms with E-state index in [2.05, 4.69) is 5.32 Å². The van der Waals surface area contributed by atoms with Crippen LogP contribution in [-0.4, -0.2) is 22.5 Å². The van der Waals surface area contributed by atoms with Crippen molar-refractivity contribution in [1.82, 2.24) is 5.32 Å². The van der Waals surface area contributed by atoms with Crippen LogP contribution >= 0.6 is 0 Å². The summed E-state index contributed by atoms with van der Waals surface area (Å²) in [5, 5.41) is 12.7. The molecule has 0 saturated heterocycles. The molecule has 0 fully saturated rings. The Morgan fingerprint density at radius 2 is 2.00 bits per heavy atom. The van der Waals surface area contributed by atoms with Gasteiger partial charge in [0, 0.05) is 12.1 Å². The van der Waals surface area contributed by atoms with E-state index in [1.54, 1.807) is 0 Å². The predicted octanol–water partition coefficient (Wildman–Crippen LogP) is 2.05. The lowest BCUT2D eigenvalue weighted by Gasteiger charge is -2.28. The average Bonchev–Trinajstić information content (AvgIpc) is 2.37. The Hall–Kier alpha value is -2.16. The van der Waals surface area contributed by atoms with Gasteiger partial charge in [0.15, 0.2) is 5.54 Å². The number of benzene rings is 1. The molecule has 0 spiro atoms. The van der Waals surface area contributed by atoms with Crippen molar-refractivity contribution >= 4 is 11.6 Å². The van der Waals surface area contributed by atoms with Gasteiger partial charge in [-0.1, -0.05) is 12.1 Å². The van der Waals surface area contributed by atoms with E-state index in [9.17, 15) is 28.1 Å². The third kappa shape index (κ3) is 3.69. The Kier molecular flexibility index (Phi) is 4.57. The maximum atomic E-state index is 12.6. The molecule has 1 aromatic carbocycles. The van der Waals surface area contributed by atoms with Crippen molar-refractivity contribution in [2.75, 3.05) is 0 Å². The molecule has 1 aromatic rings. The SMILES string of the molecule is CC(NC(=O)C(C)(N)C(F)(F)F)c1cccc([N+](=O)[O-])c1. The Bertz CT molecular complexity index is 558. The zero-order valence-corrected chi connectivity index (χ0v) is 11.3. The summed E-state index contributed by atoms with van der Waals surface area (Å²) in [6.07, 6.45) is -4.90. The van der Waals surface area contributed by atoms with Gasteiger partial charge in [-0.05, 0) is 19.4 Å². The third-order valence-corrected chi connectivity index (χ3v) is 2.99. The Labute approximate surface area is 118 Å². The molecule has 21 heavy (non-hydrogen) atoms. The standard InChI is InChI=1S/C12H14F3N3O3/c1-7(8-4-3-5-9(6-8)18(20)21)17-10(19)11(2,16)12(13,14)15/h3-7H,16H2,1-2H3,(H,17,19). The van der Waals surface area contributed by atoms with Crippen LogP contribution in [0.15, 0.2) is 24.3 Å². The number of halogens is 3. The molecule has 0 heterocycles. The molecule has 0 saturated carbocycles. The quantitative estimate of drug-likeness (QED) is 0.657. The molecule has 0 aliphatic carbocycles. The smallest absolute Gasteiger partial charge is 0.348 e. The highest BCUT2D eigenvalue weighted by molar-refractivity contribution is 5.86. The van der Waals surface area contributed by atoms with Crippen molar-refractivity contribution in [2.45, 2.75) is 31.6 Å². The van der Waals surface area contributed by atoms with E-state index in [4.69, 9.17) is 5.73 Å². The van der Waals surface area contributed by atoms with Gasteiger partial charge in [0.1, 0.15) is 0 Å². The van der Waals surface area contributed by atoms with Gasteiger partial charge in [-0.15, -0.1) is 0 Å². The number of carbonyl (C=O) groups excluding carboxylic acids is 1. The predicted molar refractivity (Wildman–Crippen MR) is 68.3 cm³/mol. The number of amides is 1. The normalized spacial score (nSPS) is 15.9. The van der Waals surface area contributed by atoms with Gasteiger partial charge >= 0.3 is 6.18 Å². The van der Waals surface area contributed by atoms with E-state index in [1.807, 2.05) is 0 Å². The second kappa shape index (κ2) is 5.68. The Balaban J connectivity index is 2.91. The maximum absolute atomic E-state index is 12.6. The Morgan fingerprint density at radius 1 is 1.43 bits per heavy atom. The summed E-state index contributed by atoms with van der Waals surface area (Å²) >= 11 is 0. The first kappa shape index (κ1) is 16.9. The van der Waals surface area contributed by atoms with E-state index in [1.165, 1.54) is 31.2 Å². The molecule has 0 aliphatic rings. The molecular formula is C12H14F3N3O3. The van der Waals surface area contributed by atoms with Gasteiger partial charge in [-0.25, -0.2) is 0 Å². The maximum Gasteiger partial charge on any atom is 0.415 e. The minimum absolute atomic E-state index is 0.222. The molecular weight excluding hydrogens is 291 g/mol. The fourth-order valence-corrected chi connectivity index (χ4v) is 1.47. The van der Waals surface area contributed by atoms with Gasteiger partial charge < -0.3 is 11.1 Å². The number of nitro benzene ring substituents is 1. The molecule has 1 rings (SSSR count). The van der Waals surface area contributed by atoms with Gasteiger partial charge in [-0.3, -0.25) is 14.9 Å². The molecule has 6 nitrogen and oxygen atoms in total. The van der Waals surface area contributed by atoms with Crippen LogP contribution in [0, 0.1) is 10.1 Å². The van der Waals surface area contributed by atoms with Gasteiger partial charge in [0.05, 0.1) is 11.0 Å². The summed E-state index contributed by atoms with van der Waals surface area (Å²) < 4.78 is 37.9. The van der Waals surface area contributed by atoms with Crippen LogP contribution in [0.1, 0.15) is 25.5 Å². The van der Waals surface area contributed by atoms with Crippen LogP contribution in [-0.2, 0) is 4.79 Å². The van der Waals surface area contributed by atoms with Crippen LogP contribution in [0.25, 0.3) is 0 Å².